The smallest absolute Gasteiger partial charge is 0.225 e. The van der Waals surface area contributed by atoms with Crippen LogP contribution in [-0.2, 0) is 4.79 Å². The van der Waals surface area contributed by atoms with Crippen molar-refractivity contribution < 1.29 is 19.1 Å². The van der Waals surface area contributed by atoms with Gasteiger partial charge in [-0.25, -0.2) is 0 Å². The van der Waals surface area contributed by atoms with Gasteiger partial charge in [-0.1, -0.05) is 0 Å². The van der Waals surface area contributed by atoms with Crippen molar-refractivity contribution in [1.82, 2.24) is 0 Å². The zero-order valence-corrected chi connectivity index (χ0v) is 11.5. The van der Waals surface area contributed by atoms with Crippen LogP contribution in [0.4, 0.5) is 0 Å². The molecule has 0 aliphatic heterocycles. The highest BCUT2D eigenvalue weighted by atomic mass is 16.5. The maximum atomic E-state index is 11.5. The second-order valence-electron chi connectivity index (χ2n) is 5.68. The third kappa shape index (κ3) is 2.30. The first-order chi connectivity index (χ1) is 9.71. The number of methoxy groups -OCH3 is 1. The average molecular weight is 274 g/mol. The summed E-state index contributed by atoms with van der Waals surface area (Å²) in [6, 6.07) is 4.88. The zero-order chi connectivity index (χ0) is 14.1. The van der Waals surface area contributed by atoms with Crippen molar-refractivity contribution in [3.8, 4) is 11.5 Å². The van der Waals surface area contributed by atoms with Gasteiger partial charge in [-0.05, 0) is 55.7 Å². The first-order valence-corrected chi connectivity index (χ1v) is 7.05. The lowest BCUT2D eigenvalue weighted by atomic mass is 9.97. The first kappa shape index (κ1) is 13.2. The van der Waals surface area contributed by atoms with E-state index in [0.29, 0.717) is 29.3 Å². The van der Waals surface area contributed by atoms with E-state index in [-0.39, 0.29) is 6.10 Å². The molecule has 0 heterocycles. The predicted molar refractivity (Wildman–Crippen MR) is 73.3 cm³/mol. The molecule has 3 unspecified atom stereocenters. The Bertz CT molecular complexity index is 537. The van der Waals surface area contributed by atoms with Crippen molar-refractivity contribution in [3.05, 3.63) is 23.8 Å². The Labute approximate surface area is 118 Å². The second kappa shape index (κ2) is 5.27. The molecule has 2 aliphatic rings. The molecule has 2 saturated carbocycles. The minimum absolute atomic E-state index is 0.212. The molecule has 0 saturated heterocycles. The van der Waals surface area contributed by atoms with Gasteiger partial charge in [-0.15, -0.1) is 0 Å². The summed E-state index contributed by atoms with van der Waals surface area (Å²) in [5.74, 6) is 2.05. The van der Waals surface area contributed by atoms with Crippen LogP contribution in [0.25, 0.3) is 0 Å². The normalized spacial score (nSPS) is 27.4. The summed E-state index contributed by atoms with van der Waals surface area (Å²) in [4.78, 5) is 22.1. The van der Waals surface area contributed by atoms with E-state index in [0.717, 1.165) is 12.3 Å². The molecule has 0 amide bonds. The molecule has 2 bridgehead atoms. The number of fused-ring (bicyclic) bond motifs is 2. The zero-order valence-electron chi connectivity index (χ0n) is 11.5. The molecule has 2 aliphatic carbocycles. The van der Waals surface area contributed by atoms with Crippen LogP contribution in [0.2, 0.25) is 0 Å². The molecule has 20 heavy (non-hydrogen) atoms. The largest absolute Gasteiger partial charge is 0.493 e. The van der Waals surface area contributed by atoms with E-state index < -0.39 is 5.78 Å². The highest BCUT2D eigenvalue weighted by Crippen LogP contribution is 2.46. The van der Waals surface area contributed by atoms with E-state index in [9.17, 15) is 9.59 Å². The van der Waals surface area contributed by atoms with Crippen molar-refractivity contribution in [3.63, 3.8) is 0 Å². The number of ether oxygens (including phenoxy) is 2. The second-order valence-corrected chi connectivity index (χ2v) is 5.68. The minimum Gasteiger partial charge on any atom is -0.493 e. The number of hydrogen-bond donors (Lipinski definition) is 0. The Kier molecular flexibility index (Phi) is 3.47. The van der Waals surface area contributed by atoms with E-state index in [4.69, 9.17) is 9.47 Å². The maximum Gasteiger partial charge on any atom is 0.225 e. The van der Waals surface area contributed by atoms with Crippen molar-refractivity contribution in [2.45, 2.75) is 31.8 Å². The van der Waals surface area contributed by atoms with Crippen molar-refractivity contribution in [2.24, 2.45) is 11.8 Å². The standard InChI is InChI=1S/C16H18O4/c1-19-14-5-4-11(13(18)9-17)8-16(14)20-15-7-10-2-3-12(15)6-10/h4-5,8-10,12,15H,2-3,6-7H2,1H3. The van der Waals surface area contributed by atoms with Crippen LogP contribution < -0.4 is 9.47 Å². The number of ketones is 1. The summed E-state index contributed by atoms with van der Waals surface area (Å²) in [6.45, 7) is 0. The van der Waals surface area contributed by atoms with Crippen LogP contribution in [0.3, 0.4) is 0 Å². The highest BCUT2D eigenvalue weighted by Gasteiger charge is 2.41. The molecule has 4 nitrogen and oxygen atoms in total. The fraction of sp³-hybridized carbons (Fsp3) is 0.500. The number of rotatable bonds is 5. The van der Waals surface area contributed by atoms with E-state index in [1.807, 2.05) is 0 Å². The van der Waals surface area contributed by atoms with E-state index >= 15 is 0 Å². The summed E-state index contributed by atoms with van der Waals surface area (Å²) in [7, 11) is 1.57. The molecule has 3 atom stereocenters. The van der Waals surface area contributed by atoms with Crippen LogP contribution in [0, 0.1) is 11.8 Å². The van der Waals surface area contributed by atoms with Gasteiger partial charge in [-0.2, -0.15) is 0 Å². The van der Waals surface area contributed by atoms with Gasteiger partial charge >= 0.3 is 0 Å². The van der Waals surface area contributed by atoms with Gasteiger partial charge in [0.25, 0.3) is 0 Å². The number of carbonyl (C=O) groups is 2. The Morgan fingerprint density at radius 1 is 1.25 bits per heavy atom. The Hall–Kier alpha value is -1.84. The van der Waals surface area contributed by atoms with Gasteiger partial charge in [0.05, 0.1) is 7.11 Å². The third-order valence-corrected chi connectivity index (χ3v) is 4.51. The lowest BCUT2D eigenvalue weighted by molar-refractivity contribution is -0.104. The summed E-state index contributed by atoms with van der Waals surface area (Å²) in [5.41, 5.74) is 0.346. The topological polar surface area (TPSA) is 52.6 Å². The molecular weight excluding hydrogens is 256 g/mol. The molecule has 1 aromatic carbocycles. The summed E-state index contributed by atoms with van der Waals surface area (Å²) < 4.78 is 11.4. The van der Waals surface area contributed by atoms with E-state index in [1.54, 1.807) is 25.3 Å². The fourth-order valence-corrected chi connectivity index (χ4v) is 3.48. The van der Waals surface area contributed by atoms with Gasteiger partial charge in [0, 0.05) is 5.56 Å². The van der Waals surface area contributed by atoms with Crippen molar-refractivity contribution >= 4 is 12.1 Å². The number of aldehydes is 1. The number of carbonyl (C=O) groups excluding carboxylic acids is 2. The predicted octanol–water partition coefficient (Wildman–Crippen LogP) is 2.64. The quantitative estimate of drug-likeness (QED) is 0.470. The molecule has 106 valence electrons. The molecule has 2 fully saturated rings. The summed E-state index contributed by atoms with van der Waals surface area (Å²) >= 11 is 0. The average Bonchev–Trinajstić information content (AvgIpc) is 3.09. The number of hydrogen-bond acceptors (Lipinski definition) is 4. The van der Waals surface area contributed by atoms with Gasteiger partial charge in [0.2, 0.25) is 5.78 Å². The molecule has 0 spiro atoms. The SMILES string of the molecule is COc1ccc(C(=O)C=O)cc1OC1CC2CCC1C2. The Morgan fingerprint density at radius 2 is 2.10 bits per heavy atom. The highest BCUT2D eigenvalue weighted by molar-refractivity contribution is 6.33. The summed E-state index contributed by atoms with van der Waals surface area (Å²) in [5, 5.41) is 0. The van der Waals surface area contributed by atoms with Crippen LogP contribution in [0.1, 0.15) is 36.0 Å². The molecule has 1 aromatic rings. The lowest BCUT2D eigenvalue weighted by Gasteiger charge is -2.24. The van der Waals surface area contributed by atoms with Crippen molar-refractivity contribution in [2.75, 3.05) is 7.11 Å². The molecule has 0 aromatic heterocycles. The van der Waals surface area contributed by atoms with Gasteiger partial charge in [-0.3, -0.25) is 9.59 Å². The number of Topliss-reactive ketones (excluding diaryl/α,β-unsaturated/α-hetero) is 1. The van der Waals surface area contributed by atoms with Crippen molar-refractivity contribution in [1.29, 1.82) is 0 Å². The maximum absolute atomic E-state index is 11.5. The molecule has 3 rings (SSSR count). The van der Waals surface area contributed by atoms with Gasteiger partial charge in [0.15, 0.2) is 17.8 Å². The van der Waals surface area contributed by atoms with Crippen LogP contribution in [-0.4, -0.2) is 25.3 Å². The van der Waals surface area contributed by atoms with Gasteiger partial charge < -0.3 is 9.47 Å². The van der Waals surface area contributed by atoms with Crippen LogP contribution >= 0.6 is 0 Å². The van der Waals surface area contributed by atoms with E-state index in [2.05, 4.69) is 0 Å². The number of benzene rings is 1. The third-order valence-electron chi connectivity index (χ3n) is 4.51. The van der Waals surface area contributed by atoms with Gasteiger partial charge in [0.1, 0.15) is 6.10 Å². The molecular formula is C16H18O4. The molecule has 4 heteroatoms. The monoisotopic (exact) mass is 274 g/mol. The van der Waals surface area contributed by atoms with E-state index in [1.165, 1.54) is 19.3 Å². The lowest BCUT2D eigenvalue weighted by Crippen LogP contribution is -2.23. The molecule has 0 N–H and O–H groups in total. The van der Waals surface area contributed by atoms with Crippen LogP contribution in [0.5, 0.6) is 11.5 Å². The Morgan fingerprint density at radius 3 is 2.70 bits per heavy atom. The summed E-state index contributed by atoms with van der Waals surface area (Å²) in [6.07, 6.45) is 5.41. The fourth-order valence-electron chi connectivity index (χ4n) is 3.48. The molecule has 0 radical (unpaired) electrons. The minimum atomic E-state index is -0.537. The van der Waals surface area contributed by atoms with Crippen LogP contribution in [0.15, 0.2) is 18.2 Å². The first-order valence-electron chi connectivity index (χ1n) is 7.05. The Balaban J connectivity index is 1.83.